The van der Waals surface area contributed by atoms with E-state index in [1.54, 1.807) is 4.40 Å². The first-order chi connectivity index (χ1) is 7.67. The van der Waals surface area contributed by atoms with E-state index in [0.29, 0.717) is 11.7 Å². The third-order valence-corrected chi connectivity index (χ3v) is 2.30. The number of anilines is 1. The number of nitrogens with zero attached hydrogens (tertiary/aromatic N) is 5. The minimum absolute atomic E-state index is 0.329. The summed E-state index contributed by atoms with van der Waals surface area (Å²) in [4.78, 5) is 5.49. The van der Waals surface area contributed by atoms with E-state index in [-0.39, 0.29) is 13.5 Å². The summed E-state index contributed by atoms with van der Waals surface area (Å²) in [7, 11) is 0. The maximum Gasteiger partial charge on any atom is 0.256 e. The van der Waals surface area contributed by atoms with Crippen LogP contribution in [0.5, 0.6) is 0 Å². The highest BCUT2D eigenvalue weighted by molar-refractivity contribution is 5.43. The summed E-state index contributed by atoms with van der Waals surface area (Å²) in [5.74, 6) is 0.837. The van der Waals surface area contributed by atoms with E-state index in [1.807, 2.05) is 19.9 Å². The molecule has 2 heterocycles. The molecule has 2 aromatic heterocycles. The molecule has 0 aliphatic rings. The van der Waals surface area contributed by atoms with Crippen LogP contribution in [-0.2, 0) is 0 Å². The molecule has 0 amide bonds. The molecule has 0 aliphatic heterocycles. The summed E-state index contributed by atoms with van der Waals surface area (Å²) in [6, 6.07) is 1.88. The van der Waals surface area contributed by atoms with Crippen molar-refractivity contribution in [1.82, 2.24) is 19.6 Å². The number of hydrogen-bond acceptors (Lipinski definition) is 6. The van der Waals surface area contributed by atoms with Gasteiger partial charge in [0, 0.05) is 11.4 Å². The Morgan fingerprint density at radius 3 is 2.56 bits per heavy atom. The number of aryl methyl sites for hydroxylation is 2. The standard InChI is InChI=1S/C9H13N5O2/c1-6-3-7(2)14-8(10-6)11-12-9(14)13(4-15)5-16/h3,15-16H,4-5H2,1-2H3. The molecule has 86 valence electrons. The first kappa shape index (κ1) is 10.8. The molecule has 0 aromatic carbocycles. The van der Waals surface area contributed by atoms with Gasteiger partial charge in [-0.2, -0.15) is 0 Å². The van der Waals surface area contributed by atoms with Gasteiger partial charge in [0.25, 0.3) is 5.78 Å². The van der Waals surface area contributed by atoms with Crippen LogP contribution in [0.3, 0.4) is 0 Å². The zero-order chi connectivity index (χ0) is 11.7. The van der Waals surface area contributed by atoms with Crippen molar-refractivity contribution in [2.24, 2.45) is 0 Å². The van der Waals surface area contributed by atoms with E-state index >= 15 is 0 Å². The van der Waals surface area contributed by atoms with Crippen LogP contribution < -0.4 is 4.90 Å². The van der Waals surface area contributed by atoms with Gasteiger partial charge in [0.2, 0.25) is 5.95 Å². The van der Waals surface area contributed by atoms with Crippen LogP contribution in [0.15, 0.2) is 6.07 Å². The quantitative estimate of drug-likeness (QED) is 0.679. The van der Waals surface area contributed by atoms with Gasteiger partial charge < -0.3 is 10.2 Å². The van der Waals surface area contributed by atoms with E-state index in [2.05, 4.69) is 15.2 Å². The zero-order valence-electron chi connectivity index (χ0n) is 9.12. The summed E-state index contributed by atoms with van der Waals surface area (Å²) in [6.45, 7) is 3.11. The van der Waals surface area contributed by atoms with Crippen LogP contribution in [0.2, 0.25) is 0 Å². The Morgan fingerprint density at radius 2 is 1.94 bits per heavy atom. The van der Waals surface area contributed by atoms with Crippen LogP contribution >= 0.6 is 0 Å². The molecule has 0 saturated carbocycles. The molecule has 7 nitrogen and oxygen atoms in total. The molecule has 0 saturated heterocycles. The van der Waals surface area contributed by atoms with Crippen LogP contribution in [0, 0.1) is 13.8 Å². The van der Waals surface area contributed by atoms with Crippen molar-refractivity contribution < 1.29 is 10.2 Å². The summed E-state index contributed by atoms with van der Waals surface area (Å²) in [6.07, 6.45) is 0. The van der Waals surface area contributed by atoms with Crippen molar-refractivity contribution in [3.63, 3.8) is 0 Å². The Bertz CT molecular complexity index is 506. The molecule has 0 bridgehead atoms. The molecule has 16 heavy (non-hydrogen) atoms. The number of aromatic nitrogens is 4. The molecular formula is C9H13N5O2. The minimum Gasteiger partial charge on any atom is -0.376 e. The molecule has 0 aliphatic carbocycles. The van der Waals surface area contributed by atoms with E-state index in [9.17, 15) is 0 Å². The fourth-order valence-electron chi connectivity index (χ4n) is 1.59. The molecule has 0 unspecified atom stereocenters. The lowest BCUT2D eigenvalue weighted by atomic mass is 10.3. The number of rotatable bonds is 3. The van der Waals surface area contributed by atoms with E-state index in [4.69, 9.17) is 10.2 Å². The monoisotopic (exact) mass is 223 g/mol. The Morgan fingerprint density at radius 1 is 1.25 bits per heavy atom. The highest BCUT2D eigenvalue weighted by atomic mass is 16.3. The second-order valence-corrected chi connectivity index (χ2v) is 3.50. The normalized spacial score (nSPS) is 11.0. The van der Waals surface area contributed by atoms with Crippen LogP contribution in [0.4, 0.5) is 5.95 Å². The lowest BCUT2D eigenvalue weighted by Crippen LogP contribution is -2.27. The van der Waals surface area contributed by atoms with Crippen molar-refractivity contribution in [1.29, 1.82) is 0 Å². The molecule has 2 aromatic rings. The topological polar surface area (TPSA) is 86.8 Å². The van der Waals surface area contributed by atoms with Gasteiger partial charge in [-0.25, -0.2) is 9.38 Å². The molecule has 0 radical (unpaired) electrons. The largest absolute Gasteiger partial charge is 0.376 e. The molecule has 7 heteroatoms. The number of hydrogen-bond donors (Lipinski definition) is 2. The van der Waals surface area contributed by atoms with Crippen molar-refractivity contribution >= 4 is 11.7 Å². The fraction of sp³-hybridized carbons (Fsp3) is 0.444. The predicted octanol–water partition coefficient (Wildman–Crippen LogP) is -0.553. The predicted molar refractivity (Wildman–Crippen MR) is 56.9 cm³/mol. The summed E-state index contributed by atoms with van der Waals surface area (Å²) in [5, 5.41) is 25.9. The summed E-state index contributed by atoms with van der Waals surface area (Å²) >= 11 is 0. The Kier molecular flexibility index (Phi) is 2.71. The van der Waals surface area contributed by atoms with Crippen molar-refractivity contribution in [3.8, 4) is 0 Å². The molecule has 2 N–H and O–H groups in total. The lowest BCUT2D eigenvalue weighted by molar-refractivity contribution is 0.220. The number of aliphatic hydroxyl groups is 2. The van der Waals surface area contributed by atoms with E-state index < -0.39 is 0 Å². The van der Waals surface area contributed by atoms with Crippen LogP contribution in [0.1, 0.15) is 11.4 Å². The number of aliphatic hydroxyl groups excluding tert-OH is 2. The van der Waals surface area contributed by atoms with E-state index in [1.165, 1.54) is 4.90 Å². The maximum atomic E-state index is 9.07. The highest BCUT2D eigenvalue weighted by Crippen LogP contribution is 2.14. The third kappa shape index (κ3) is 1.59. The first-order valence-corrected chi connectivity index (χ1v) is 4.83. The van der Waals surface area contributed by atoms with Gasteiger partial charge in [-0.3, -0.25) is 4.90 Å². The second kappa shape index (κ2) is 4.03. The molecule has 2 rings (SSSR count). The van der Waals surface area contributed by atoms with E-state index in [0.717, 1.165) is 11.4 Å². The third-order valence-electron chi connectivity index (χ3n) is 2.30. The second-order valence-electron chi connectivity index (χ2n) is 3.50. The average Bonchev–Trinajstić information content (AvgIpc) is 2.64. The van der Waals surface area contributed by atoms with Gasteiger partial charge in [-0.15, -0.1) is 10.2 Å². The fourth-order valence-corrected chi connectivity index (χ4v) is 1.59. The van der Waals surface area contributed by atoms with Gasteiger partial charge in [0.15, 0.2) is 0 Å². The first-order valence-electron chi connectivity index (χ1n) is 4.83. The number of fused-ring (bicyclic) bond motifs is 1. The van der Waals surface area contributed by atoms with Gasteiger partial charge >= 0.3 is 0 Å². The van der Waals surface area contributed by atoms with Crippen LogP contribution in [-0.4, -0.2) is 43.3 Å². The zero-order valence-corrected chi connectivity index (χ0v) is 9.12. The molecule has 0 fully saturated rings. The lowest BCUT2D eigenvalue weighted by Gasteiger charge is -2.16. The molecular weight excluding hydrogens is 210 g/mol. The Labute approximate surface area is 92.0 Å². The van der Waals surface area contributed by atoms with Crippen molar-refractivity contribution in [2.45, 2.75) is 13.8 Å². The summed E-state index contributed by atoms with van der Waals surface area (Å²) < 4.78 is 1.68. The maximum absolute atomic E-state index is 9.07. The van der Waals surface area contributed by atoms with Gasteiger partial charge in [0.05, 0.1) is 0 Å². The Balaban J connectivity index is 2.64. The van der Waals surface area contributed by atoms with Gasteiger partial charge in [0.1, 0.15) is 13.5 Å². The highest BCUT2D eigenvalue weighted by Gasteiger charge is 2.14. The smallest absolute Gasteiger partial charge is 0.256 e. The SMILES string of the molecule is Cc1cc(C)n2c(N(CO)CO)nnc2n1. The minimum atomic E-state index is -0.329. The molecule has 0 spiro atoms. The van der Waals surface area contributed by atoms with Crippen molar-refractivity contribution in [2.75, 3.05) is 18.4 Å². The van der Waals surface area contributed by atoms with Gasteiger partial charge in [-0.05, 0) is 19.9 Å². The molecule has 0 atom stereocenters. The average molecular weight is 223 g/mol. The Hall–Kier alpha value is -1.73. The van der Waals surface area contributed by atoms with Crippen LogP contribution in [0.25, 0.3) is 5.78 Å². The van der Waals surface area contributed by atoms with Gasteiger partial charge in [-0.1, -0.05) is 0 Å². The van der Waals surface area contributed by atoms with Crippen molar-refractivity contribution in [3.05, 3.63) is 17.5 Å². The summed E-state index contributed by atoms with van der Waals surface area (Å²) in [5.41, 5.74) is 1.75.